The highest BCUT2D eigenvalue weighted by atomic mass is 35.5. The predicted octanol–water partition coefficient (Wildman–Crippen LogP) is 6.08. The molecule has 0 amide bonds. The standard InChI is InChI=1S/C18H31N.ClH/c1-3-5-7-12-16-19(17-13-8-6-4-2)18-14-10-9-11-15-18;/h9-11,14-15H,3-8,12-13,16-17H2,1-2H3;1H. The Morgan fingerprint density at radius 2 is 1.20 bits per heavy atom. The van der Waals surface area contributed by atoms with Crippen molar-refractivity contribution in [1.82, 2.24) is 0 Å². The van der Waals surface area contributed by atoms with E-state index in [1.54, 1.807) is 0 Å². The van der Waals surface area contributed by atoms with Gasteiger partial charge in [0.2, 0.25) is 0 Å². The summed E-state index contributed by atoms with van der Waals surface area (Å²) in [7, 11) is 0. The number of nitrogens with zero attached hydrogens (tertiary/aromatic N) is 1. The van der Waals surface area contributed by atoms with Crippen molar-refractivity contribution < 1.29 is 0 Å². The minimum atomic E-state index is 0. The van der Waals surface area contributed by atoms with Gasteiger partial charge in [-0.15, -0.1) is 12.4 Å². The van der Waals surface area contributed by atoms with Crippen LogP contribution in [0.1, 0.15) is 65.2 Å². The zero-order valence-electron chi connectivity index (χ0n) is 13.3. The Bertz CT molecular complexity index is 288. The molecule has 0 aliphatic carbocycles. The van der Waals surface area contributed by atoms with Crippen molar-refractivity contribution in [3.63, 3.8) is 0 Å². The quantitative estimate of drug-likeness (QED) is 0.448. The lowest BCUT2D eigenvalue weighted by atomic mass is 10.1. The number of hydrogen-bond acceptors (Lipinski definition) is 1. The first-order valence-corrected chi connectivity index (χ1v) is 8.18. The lowest BCUT2D eigenvalue weighted by molar-refractivity contribution is 0.609. The number of hydrogen-bond donors (Lipinski definition) is 0. The van der Waals surface area contributed by atoms with E-state index in [1.165, 1.54) is 70.1 Å². The Morgan fingerprint density at radius 3 is 1.65 bits per heavy atom. The molecule has 0 aliphatic rings. The van der Waals surface area contributed by atoms with Crippen LogP contribution in [0.25, 0.3) is 0 Å². The van der Waals surface area contributed by atoms with E-state index in [9.17, 15) is 0 Å². The first-order chi connectivity index (χ1) is 9.38. The summed E-state index contributed by atoms with van der Waals surface area (Å²) >= 11 is 0. The van der Waals surface area contributed by atoms with Crippen LogP contribution in [0.2, 0.25) is 0 Å². The highest BCUT2D eigenvalue weighted by Gasteiger charge is 2.05. The molecule has 0 aromatic heterocycles. The molecule has 0 radical (unpaired) electrons. The molecule has 0 saturated heterocycles. The Morgan fingerprint density at radius 1 is 0.700 bits per heavy atom. The molecular formula is C18H32ClN. The zero-order chi connectivity index (χ0) is 13.8. The van der Waals surface area contributed by atoms with Crippen LogP contribution in [0, 0.1) is 0 Å². The maximum absolute atomic E-state index is 2.57. The van der Waals surface area contributed by atoms with Gasteiger partial charge in [-0.1, -0.05) is 70.6 Å². The van der Waals surface area contributed by atoms with Gasteiger partial charge in [0.25, 0.3) is 0 Å². The second-order valence-corrected chi connectivity index (χ2v) is 5.44. The lowest BCUT2D eigenvalue weighted by Crippen LogP contribution is -2.25. The minimum absolute atomic E-state index is 0. The molecule has 1 aromatic rings. The molecule has 0 saturated carbocycles. The van der Waals surface area contributed by atoms with Crippen molar-refractivity contribution in [1.29, 1.82) is 0 Å². The Kier molecular flexibility index (Phi) is 12.8. The molecule has 1 nitrogen and oxygen atoms in total. The molecule has 0 aliphatic heterocycles. The summed E-state index contributed by atoms with van der Waals surface area (Å²) < 4.78 is 0. The highest BCUT2D eigenvalue weighted by Crippen LogP contribution is 2.16. The molecule has 0 fully saturated rings. The van der Waals surface area contributed by atoms with E-state index >= 15 is 0 Å². The minimum Gasteiger partial charge on any atom is -0.372 e. The fraction of sp³-hybridized carbons (Fsp3) is 0.667. The molecule has 1 aromatic carbocycles. The van der Waals surface area contributed by atoms with Gasteiger partial charge in [-0.25, -0.2) is 0 Å². The van der Waals surface area contributed by atoms with Crippen molar-refractivity contribution in [3.8, 4) is 0 Å². The van der Waals surface area contributed by atoms with Crippen LogP contribution in [-0.4, -0.2) is 13.1 Å². The average molecular weight is 298 g/mol. The molecular weight excluding hydrogens is 266 g/mol. The van der Waals surface area contributed by atoms with Crippen LogP contribution in [-0.2, 0) is 0 Å². The number of halogens is 1. The molecule has 1 rings (SSSR count). The van der Waals surface area contributed by atoms with Gasteiger partial charge in [-0.05, 0) is 25.0 Å². The van der Waals surface area contributed by atoms with E-state index in [0.29, 0.717) is 0 Å². The maximum Gasteiger partial charge on any atom is 0.0366 e. The monoisotopic (exact) mass is 297 g/mol. The molecule has 116 valence electrons. The van der Waals surface area contributed by atoms with Crippen LogP contribution in [0.3, 0.4) is 0 Å². The normalized spacial score (nSPS) is 10.1. The molecule has 0 heterocycles. The molecule has 0 atom stereocenters. The third-order valence-corrected chi connectivity index (χ3v) is 3.68. The maximum atomic E-state index is 2.57. The van der Waals surface area contributed by atoms with Crippen molar-refractivity contribution >= 4 is 18.1 Å². The van der Waals surface area contributed by atoms with Crippen LogP contribution >= 0.6 is 12.4 Å². The second kappa shape index (κ2) is 13.3. The summed E-state index contributed by atoms with van der Waals surface area (Å²) in [5, 5.41) is 0. The average Bonchev–Trinajstić information content (AvgIpc) is 2.46. The summed E-state index contributed by atoms with van der Waals surface area (Å²) in [6, 6.07) is 10.9. The van der Waals surface area contributed by atoms with E-state index in [-0.39, 0.29) is 12.4 Å². The fourth-order valence-electron chi connectivity index (χ4n) is 2.47. The topological polar surface area (TPSA) is 3.24 Å². The molecule has 0 N–H and O–H groups in total. The van der Waals surface area contributed by atoms with E-state index in [2.05, 4.69) is 49.1 Å². The van der Waals surface area contributed by atoms with E-state index in [4.69, 9.17) is 0 Å². The number of benzene rings is 1. The van der Waals surface area contributed by atoms with Gasteiger partial charge in [0.15, 0.2) is 0 Å². The molecule has 0 spiro atoms. The zero-order valence-corrected chi connectivity index (χ0v) is 14.1. The van der Waals surface area contributed by atoms with Crippen LogP contribution in [0.4, 0.5) is 5.69 Å². The first kappa shape index (κ1) is 19.3. The predicted molar refractivity (Wildman–Crippen MR) is 94.2 cm³/mol. The van der Waals surface area contributed by atoms with Crippen LogP contribution < -0.4 is 4.90 Å². The van der Waals surface area contributed by atoms with Crippen LogP contribution in [0.5, 0.6) is 0 Å². The summed E-state index contributed by atoms with van der Waals surface area (Å²) in [6.07, 6.45) is 10.8. The highest BCUT2D eigenvalue weighted by molar-refractivity contribution is 5.85. The van der Waals surface area contributed by atoms with Gasteiger partial charge >= 0.3 is 0 Å². The summed E-state index contributed by atoms with van der Waals surface area (Å²) in [6.45, 7) is 6.99. The van der Waals surface area contributed by atoms with Crippen LogP contribution in [0.15, 0.2) is 30.3 Å². The summed E-state index contributed by atoms with van der Waals surface area (Å²) in [5.41, 5.74) is 1.40. The fourth-order valence-corrected chi connectivity index (χ4v) is 2.47. The molecule has 0 bridgehead atoms. The largest absolute Gasteiger partial charge is 0.372 e. The van der Waals surface area contributed by atoms with Gasteiger partial charge in [-0.3, -0.25) is 0 Å². The Hall–Kier alpha value is -0.690. The van der Waals surface area contributed by atoms with Gasteiger partial charge in [0.1, 0.15) is 0 Å². The van der Waals surface area contributed by atoms with Crippen molar-refractivity contribution in [2.24, 2.45) is 0 Å². The second-order valence-electron chi connectivity index (χ2n) is 5.44. The number of anilines is 1. The lowest BCUT2D eigenvalue weighted by Gasteiger charge is -2.25. The molecule has 20 heavy (non-hydrogen) atoms. The smallest absolute Gasteiger partial charge is 0.0366 e. The third kappa shape index (κ3) is 8.47. The van der Waals surface area contributed by atoms with Crippen molar-refractivity contribution in [2.45, 2.75) is 65.2 Å². The Balaban J connectivity index is 0.00000361. The SMILES string of the molecule is CCCCCCN(CCCCCC)c1ccccc1.Cl. The van der Waals surface area contributed by atoms with Gasteiger partial charge in [0.05, 0.1) is 0 Å². The first-order valence-electron chi connectivity index (χ1n) is 8.18. The van der Waals surface area contributed by atoms with Gasteiger partial charge in [0, 0.05) is 18.8 Å². The van der Waals surface area contributed by atoms with E-state index in [0.717, 1.165) is 0 Å². The molecule has 0 unspecified atom stereocenters. The summed E-state index contributed by atoms with van der Waals surface area (Å²) in [5.74, 6) is 0. The van der Waals surface area contributed by atoms with Crippen molar-refractivity contribution in [3.05, 3.63) is 30.3 Å². The third-order valence-electron chi connectivity index (χ3n) is 3.68. The number of unbranched alkanes of at least 4 members (excludes halogenated alkanes) is 6. The van der Waals surface area contributed by atoms with E-state index < -0.39 is 0 Å². The van der Waals surface area contributed by atoms with Gasteiger partial charge < -0.3 is 4.90 Å². The summed E-state index contributed by atoms with van der Waals surface area (Å²) in [4.78, 5) is 2.57. The van der Waals surface area contributed by atoms with Crippen molar-refractivity contribution in [2.75, 3.05) is 18.0 Å². The number of para-hydroxylation sites is 1. The van der Waals surface area contributed by atoms with Gasteiger partial charge in [-0.2, -0.15) is 0 Å². The Labute approximate surface area is 132 Å². The number of rotatable bonds is 11. The van der Waals surface area contributed by atoms with E-state index in [1.807, 2.05) is 0 Å². The molecule has 2 heteroatoms.